The van der Waals surface area contributed by atoms with Crippen LogP contribution in [0.2, 0.25) is 0 Å². The van der Waals surface area contributed by atoms with E-state index in [1.165, 1.54) is 0 Å². The van der Waals surface area contributed by atoms with Gasteiger partial charge in [0.25, 0.3) is 0 Å². The fraction of sp³-hybridized carbons (Fsp3) is 0.538. The first kappa shape index (κ1) is 13.5. The average Bonchev–Trinajstić information content (AvgIpc) is 2.38. The Morgan fingerprint density at radius 3 is 2.67 bits per heavy atom. The summed E-state index contributed by atoms with van der Waals surface area (Å²) in [6, 6.07) is 7.13. The van der Waals surface area contributed by atoms with E-state index in [4.69, 9.17) is 0 Å². The quantitative estimate of drug-likeness (QED) is 0.872. The number of hydrogen-bond donors (Lipinski definition) is 1. The number of nitrogens with zero attached hydrogens (tertiary/aromatic N) is 1. The molecule has 1 saturated heterocycles. The highest BCUT2D eigenvalue weighted by molar-refractivity contribution is 7.91. The van der Waals surface area contributed by atoms with E-state index in [2.05, 4.69) is 10.2 Å². The van der Waals surface area contributed by atoms with Crippen molar-refractivity contribution in [2.24, 2.45) is 0 Å². The van der Waals surface area contributed by atoms with Gasteiger partial charge in [-0.2, -0.15) is 0 Å². The van der Waals surface area contributed by atoms with Crippen molar-refractivity contribution in [3.8, 4) is 0 Å². The first-order valence-corrected chi connectivity index (χ1v) is 7.96. The van der Waals surface area contributed by atoms with Crippen LogP contribution in [0.3, 0.4) is 0 Å². The van der Waals surface area contributed by atoms with Gasteiger partial charge in [0.05, 0.1) is 10.6 Å². The molecule has 0 unspecified atom stereocenters. The van der Waals surface area contributed by atoms with Gasteiger partial charge in [-0.15, -0.1) is 0 Å². The molecule has 1 aliphatic heterocycles. The van der Waals surface area contributed by atoms with Gasteiger partial charge < -0.3 is 5.32 Å². The molecular formula is C13H20N2O2S. The summed E-state index contributed by atoms with van der Waals surface area (Å²) in [6.45, 7) is 6.30. The summed E-state index contributed by atoms with van der Waals surface area (Å²) in [4.78, 5) is 2.64. The summed E-state index contributed by atoms with van der Waals surface area (Å²) in [7, 11) is -3.14. The Hall–Kier alpha value is -0.910. The van der Waals surface area contributed by atoms with Crippen molar-refractivity contribution in [3.63, 3.8) is 0 Å². The third-order valence-corrected chi connectivity index (χ3v) is 4.93. The lowest BCUT2D eigenvalue weighted by atomic mass is 10.2. The van der Waals surface area contributed by atoms with E-state index in [0.29, 0.717) is 11.4 Å². The zero-order valence-corrected chi connectivity index (χ0v) is 11.5. The molecule has 0 aliphatic carbocycles. The number of piperazine rings is 1. The molecule has 2 rings (SSSR count). The van der Waals surface area contributed by atoms with Gasteiger partial charge in [0.2, 0.25) is 0 Å². The van der Waals surface area contributed by atoms with E-state index in [1.807, 2.05) is 13.0 Å². The summed E-state index contributed by atoms with van der Waals surface area (Å²) in [5.74, 6) is 0.205. The van der Waals surface area contributed by atoms with Gasteiger partial charge in [0.1, 0.15) is 0 Å². The third kappa shape index (κ3) is 3.54. The van der Waals surface area contributed by atoms with Gasteiger partial charge in [0.15, 0.2) is 9.84 Å². The molecule has 4 nitrogen and oxygen atoms in total. The second-order valence-electron chi connectivity index (χ2n) is 4.73. The lowest BCUT2D eigenvalue weighted by Gasteiger charge is -2.26. The summed E-state index contributed by atoms with van der Waals surface area (Å²) in [6.07, 6.45) is 0. The molecule has 0 bridgehead atoms. The van der Waals surface area contributed by atoms with E-state index in [1.54, 1.807) is 18.2 Å². The maximum absolute atomic E-state index is 12.2. The fourth-order valence-electron chi connectivity index (χ4n) is 2.11. The normalized spacial score (nSPS) is 17.8. The summed E-state index contributed by atoms with van der Waals surface area (Å²) in [5, 5.41) is 3.26. The highest BCUT2D eigenvalue weighted by Gasteiger charge is 2.17. The highest BCUT2D eigenvalue weighted by atomic mass is 32.2. The topological polar surface area (TPSA) is 49.4 Å². The largest absolute Gasteiger partial charge is 0.314 e. The smallest absolute Gasteiger partial charge is 0.179 e. The molecule has 5 heteroatoms. The molecule has 0 spiro atoms. The number of sulfone groups is 1. The Morgan fingerprint density at radius 1 is 1.28 bits per heavy atom. The summed E-state index contributed by atoms with van der Waals surface area (Å²) >= 11 is 0. The Morgan fingerprint density at radius 2 is 2.00 bits per heavy atom. The van der Waals surface area contributed by atoms with Crippen molar-refractivity contribution in [3.05, 3.63) is 29.8 Å². The van der Waals surface area contributed by atoms with Crippen molar-refractivity contribution >= 4 is 9.84 Å². The molecule has 100 valence electrons. The predicted molar refractivity (Wildman–Crippen MR) is 72.5 cm³/mol. The SMILES string of the molecule is Cc1cccc(S(=O)(=O)CCN2CCNCC2)c1. The van der Waals surface area contributed by atoms with Gasteiger partial charge in [-0.3, -0.25) is 4.90 Å². The molecule has 1 aromatic carbocycles. The van der Waals surface area contributed by atoms with Gasteiger partial charge in [0, 0.05) is 32.7 Å². The number of nitrogens with one attached hydrogen (secondary N) is 1. The third-order valence-electron chi connectivity index (χ3n) is 3.23. The summed E-state index contributed by atoms with van der Waals surface area (Å²) < 4.78 is 24.4. The van der Waals surface area contributed by atoms with Crippen molar-refractivity contribution in [2.75, 3.05) is 38.5 Å². The highest BCUT2D eigenvalue weighted by Crippen LogP contribution is 2.13. The van der Waals surface area contributed by atoms with Crippen LogP contribution in [-0.4, -0.2) is 51.8 Å². The van der Waals surface area contributed by atoms with E-state index in [0.717, 1.165) is 31.7 Å². The molecule has 1 aliphatic rings. The number of benzene rings is 1. The van der Waals surface area contributed by atoms with Crippen LogP contribution in [0.15, 0.2) is 29.2 Å². The Balaban J connectivity index is 1.98. The van der Waals surface area contributed by atoms with Crippen LogP contribution in [0.5, 0.6) is 0 Å². The van der Waals surface area contributed by atoms with E-state index in [-0.39, 0.29) is 5.75 Å². The predicted octanol–water partition coefficient (Wildman–Crippen LogP) is 0.674. The number of hydrogen-bond acceptors (Lipinski definition) is 4. The van der Waals surface area contributed by atoms with E-state index < -0.39 is 9.84 Å². The lowest BCUT2D eigenvalue weighted by Crippen LogP contribution is -2.45. The van der Waals surface area contributed by atoms with E-state index in [9.17, 15) is 8.42 Å². The molecule has 18 heavy (non-hydrogen) atoms. The molecule has 0 radical (unpaired) electrons. The molecule has 0 atom stereocenters. The second-order valence-corrected chi connectivity index (χ2v) is 6.84. The van der Waals surface area contributed by atoms with Gasteiger partial charge in [-0.1, -0.05) is 12.1 Å². The van der Waals surface area contributed by atoms with Gasteiger partial charge >= 0.3 is 0 Å². The molecule has 1 aromatic rings. The maximum Gasteiger partial charge on any atom is 0.179 e. The van der Waals surface area contributed by atoms with E-state index >= 15 is 0 Å². The Labute approximate surface area is 109 Å². The second kappa shape index (κ2) is 5.82. The molecule has 0 saturated carbocycles. The van der Waals surface area contributed by atoms with Crippen molar-refractivity contribution in [2.45, 2.75) is 11.8 Å². The van der Waals surface area contributed by atoms with Crippen molar-refractivity contribution < 1.29 is 8.42 Å². The van der Waals surface area contributed by atoms with Crippen LogP contribution in [0.4, 0.5) is 0 Å². The van der Waals surface area contributed by atoms with Crippen molar-refractivity contribution in [1.82, 2.24) is 10.2 Å². The zero-order chi connectivity index (χ0) is 13.0. The van der Waals surface area contributed by atoms with Crippen LogP contribution >= 0.6 is 0 Å². The van der Waals surface area contributed by atoms with Crippen LogP contribution in [0, 0.1) is 6.92 Å². The van der Waals surface area contributed by atoms with Gasteiger partial charge in [-0.05, 0) is 24.6 Å². The van der Waals surface area contributed by atoms with Crippen LogP contribution in [-0.2, 0) is 9.84 Å². The fourth-order valence-corrected chi connectivity index (χ4v) is 3.50. The Bertz CT molecular complexity index is 493. The molecule has 0 aromatic heterocycles. The Kier molecular flexibility index (Phi) is 4.37. The summed E-state index contributed by atoms with van der Waals surface area (Å²) in [5.41, 5.74) is 0.984. The molecule has 1 heterocycles. The minimum atomic E-state index is -3.14. The monoisotopic (exact) mass is 268 g/mol. The first-order chi connectivity index (χ1) is 8.58. The zero-order valence-electron chi connectivity index (χ0n) is 10.7. The minimum absolute atomic E-state index is 0.205. The number of rotatable bonds is 4. The average molecular weight is 268 g/mol. The van der Waals surface area contributed by atoms with Gasteiger partial charge in [-0.25, -0.2) is 8.42 Å². The minimum Gasteiger partial charge on any atom is -0.314 e. The molecular weight excluding hydrogens is 248 g/mol. The lowest BCUT2D eigenvalue weighted by molar-refractivity contribution is 0.254. The molecule has 1 N–H and O–H groups in total. The standard InChI is InChI=1S/C13H20N2O2S/c1-12-3-2-4-13(11-12)18(16,17)10-9-15-7-5-14-6-8-15/h2-4,11,14H,5-10H2,1H3. The van der Waals surface area contributed by atoms with Crippen LogP contribution in [0.25, 0.3) is 0 Å². The van der Waals surface area contributed by atoms with Crippen LogP contribution in [0.1, 0.15) is 5.56 Å². The van der Waals surface area contributed by atoms with Crippen molar-refractivity contribution in [1.29, 1.82) is 0 Å². The molecule has 0 amide bonds. The van der Waals surface area contributed by atoms with Crippen LogP contribution < -0.4 is 5.32 Å². The first-order valence-electron chi connectivity index (χ1n) is 6.30. The molecule has 1 fully saturated rings. The maximum atomic E-state index is 12.2. The number of aryl methyl sites for hydroxylation is 1.